The van der Waals surface area contributed by atoms with Crippen LogP contribution in [0.5, 0.6) is 0 Å². The topological polar surface area (TPSA) is 3.24 Å². The zero-order chi connectivity index (χ0) is 12.0. The molecule has 0 amide bonds. The summed E-state index contributed by atoms with van der Waals surface area (Å²) in [5.41, 5.74) is 2.50. The molecule has 1 aromatic rings. The second-order valence-corrected chi connectivity index (χ2v) is 4.39. The number of benzene rings is 1. The third-order valence-electron chi connectivity index (χ3n) is 2.86. The lowest BCUT2D eigenvalue weighted by Crippen LogP contribution is -2.29. The SMILES string of the molecule is CC.Cc1cc(N2CCCCC2)ccc1Cl. The second-order valence-electron chi connectivity index (χ2n) is 3.98. The summed E-state index contributed by atoms with van der Waals surface area (Å²) < 4.78 is 0. The summed E-state index contributed by atoms with van der Waals surface area (Å²) in [5, 5.41) is 0.866. The Hall–Kier alpha value is -0.690. The second kappa shape index (κ2) is 6.80. The summed E-state index contributed by atoms with van der Waals surface area (Å²) >= 11 is 6.00. The van der Waals surface area contributed by atoms with Crippen LogP contribution in [-0.4, -0.2) is 13.1 Å². The Morgan fingerprint density at radius 3 is 2.25 bits per heavy atom. The first-order valence-electron chi connectivity index (χ1n) is 6.28. The van der Waals surface area contributed by atoms with Crippen LogP contribution in [0, 0.1) is 6.92 Å². The van der Waals surface area contributed by atoms with Gasteiger partial charge in [0.15, 0.2) is 0 Å². The van der Waals surface area contributed by atoms with Crippen molar-refractivity contribution < 1.29 is 0 Å². The van der Waals surface area contributed by atoms with E-state index in [9.17, 15) is 0 Å². The standard InChI is InChI=1S/C12H16ClN.C2H6/c1-10-9-11(5-6-12(10)13)14-7-3-2-4-8-14;1-2/h5-6,9H,2-4,7-8H2,1H3;1-2H3. The first-order valence-corrected chi connectivity index (χ1v) is 6.66. The Labute approximate surface area is 104 Å². The summed E-state index contributed by atoms with van der Waals surface area (Å²) in [7, 11) is 0. The maximum absolute atomic E-state index is 6.00. The molecule has 0 aromatic heterocycles. The van der Waals surface area contributed by atoms with Crippen LogP contribution in [0.25, 0.3) is 0 Å². The Balaban J connectivity index is 0.000000606. The van der Waals surface area contributed by atoms with E-state index in [4.69, 9.17) is 11.6 Å². The van der Waals surface area contributed by atoms with E-state index in [-0.39, 0.29) is 0 Å². The average molecular weight is 240 g/mol. The zero-order valence-electron chi connectivity index (χ0n) is 10.6. The van der Waals surface area contributed by atoms with Gasteiger partial charge in [-0.15, -0.1) is 0 Å². The molecule has 0 unspecified atom stereocenters. The Kier molecular flexibility index (Phi) is 5.68. The van der Waals surface area contributed by atoms with Crippen molar-refractivity contribution in [3.05, 3.63) is 28.8 Å². The number of anilines is 1. The van der Waals surface area contributed by atoms with E-state index in [1.165, 1.54) is 43.6 Å². The monoisotopic (exact) mass is 239 g/mol. The van der Waals surface area contributed by atoms with Crippen molar-refractivity contribution in [2.75, 3.05) is 18.0 Å². The van der Waals surface area contributed by atoms with E-state index >= 15 is 0 Å². The molecule has 0 bridgehead atoms. The van der Waals surface area contributed by atoms with E-state index in [2.05, 4.69) is 24.0 Å². The van der Waals surface area contributed by atoms with Gasteiger partial charge in [0.2, 0.25) is 0 Å². The van der Waals surface area contributed by atoms with Gasteiger partial charge < -0.3 is 4.90 Å². The van der Waals surface area contributed by atoms with Crippen LogP contribution >= 0.6 is 11.6 Å². The van der Waals surface area contributed by atoms with Crippen molar-refractivity contribution >= 4 is 17.3 Å². The van der Waals surface area contributed by atoms with E-state index in [0.29, 0.717) is 0 Å². The quantitative estimate of drug-likeness (QED) is 0.689. The molecule has 1 saturated heterocycles. The van der Waals surface area contributed by atoms with Crippen LogP contribution in [0.3, 0.4) is 0 Å². The molecule has 90 valence electrons. The highest BCUT2D eigenvalue weighted by atomic mass is 35.5. The summed E-state index contributed by atoms with van der Waals surface area (Å²) in [5.74, 6) is 0. The lowest BCUT2D eigenvalue weighted by atomic mass is 10.1. The number of halogens is 1. The van der Waals surface area contributed by atoms with E-state index in [1.807, 2.05) is 19.9 Å². The molecule has 0 saturated carbocycles. The van der Waals surface area contributed by atoms with Crippen molar-refractivity contribution in [2.45, 2.75) is 40.0 Å². The maximum Gasteiger partial charge on any atom is 0.0436 e. The molecule has 0 atom stereocenters. The molecule has 1 aromatic carbocycles. The molecule has 0 N–H and O–H groups in total. The van der Waals surface area contributed by atoms with Gasteiger partial charge in [0, 0.05) is 23.8 Å². The van der Waals surface area contributed by atoms with Gasteiger partial charge in [-0.25, -0.2) is 0 Å². The molecule has 2 rings (SSSR count). The third kappa shape index (κ3) is 3.41. The number of nitrogens with zero attached hydrogens (tertiary/aromatic N) is 1. The molecular weight excluding hydrogens is 218 g/mol. The molecule has 1 heterocycles. The molecule has 0 aliphatic carbocycles. The normalized spacial score (nSPS) is 15.4. The molecular formula is C14H22ClN. The van der Waals surface area contributed by atoms with Crippen molar-refractivity contribution in [2.24, 2.45) is 0 Å². The van der Waals surface area contributed by atoms with Gasteiger partial charge in [0.25, 0.3) is 0 Å². The third-order valence-corrected chi connectivity index (χ3v) is 3.29. The fourth-order valence-corrected chi connectivity index (χ4v) is 2.10. The Bertz CT molecular complexity index is 317. The van der Waals surface area contributed by atoms with Gasteiger partial charge in [-0.3, -0.25) is 0 Å². The van der Waals surface area contributed by atoms with Gasteiger partial charge in [0.05, 0.1) is 0 Å². The smallest absolute Gasteiger partial charge is 0.0436 e. The molecule has 1 nitrogen and oxygen atoms in total. The lowest BCUT2D eigenvalue weighted by molar-refractivity contribution is 0.578. The maximum atomic E-state index is 6.00. The molecule has 16 heavy (non-hydrogen) atoms. The number of hydrogen-bond donors (Lipinski definition) is 0. The minimum atomic E-state index is 0.866. The van der Waals surface area contributed by atoms with Crippen molar-refractivity contribution in [1.29, 1.82) is 0 Å². The fourth-order valence-electron chi connectivity index (χ4n) is 1.98. The molecule has 1 aliphatic rings. The predicted octanol–water partition coefficient (Wildman–Crippen LogP) is 4.66. The predicted molar refractivity (Wildman–Crippen MR) is 73.6 cm³/mol. The molecule has 0 spiro atoms. The number of hydrogen-bond acceptors (Lipinski definition) is 1. The average Bonchev–Trinajstić information content (AvgIpc) is 2.36. The summed E-state index contributed by atoms with van der Waals surface area (Å²) in [6.07, 6.45) is 4.02. The number of rotatable bonds is 1. The zero-order valence-corrected chi connectivity index (χ0v) is 11.3. The first kappa shape index (κ1) is 13.4. The van der Waals surface area contributed by atoms with Crippen molar-refractivity contribution in [1.82, 2.24) is 0 Å². The van der Waals surface area contributed by atoms with Crippen molar-refractivity contribution in [3.63, 3.8) is 0 Å². The Morgan fingerprint density at radius 1 is 1.06 bits per heavy atom. The largest absolute Gasteiger partial charge is 0.372 e. The highest BCUT2D eigenvalue weighted by Gasteiger charge is 2.11. The van der Waals surface area contributed by atoms with Gasteiger partial charge >= 0.3 is 0 Å². The van der Waals surface area contributed by atoms with Crippen LogP contribution < -0.4 is 4.90 Å². The van der Waals surface area contributed by atoms with E-state index < -0.39 is 0 Å². The van der Waals surface area contributed by atoms with Crippen LogP contribution in [0.15, 0.2) is 18.2 Å². The highest BCUT2D eigenvalue weighted by Crippen LogP contribution is 2.24. The Morgan fingerprint density at radius 2 is 1.69 bits per heavy atom. The highest BCUT2D eigenvalue weighted by molar-refractivity contribution is 6.31. The molecule has 1 aliphatic heterocycles. The van der Waals surface area contributed by atoms with Gasteiger partial charge in [-0.05, 0) is 49.9 Å². The van der Waals surface area contributed by atoms with Gasteiger partial charge in [-0.1, -0.05) is 25.4 Å². The minimum Gasteiger partial charge on any atom is -0.372 e. The molecule has 1 fully saturated rings. The van der Waals surface area contributed by atoms with Crippen molar-refractivity contribution in [3.8, 4) is 0 Å². The fraction of sp³-hybridized carbons (Fsp3) is 0.571. The first-order chi connectivity index (χ1) is 7.77. The van der Waals surface area contributed by atoms with Crippen LogP contribution in [0.2, 0.25) is 5.02 Å². The summed E-state index contributed by atoms with van der Waals surface area (Å²) in [4.78, 5) is 2.45. The van der Waals surface area contributed by atoms with Crippen LogP contribution in [0.4, 0.5) is 5.69 Å². The summed E-state index contributed by atoms with van der Waals surface area (Å²) in [6.45, 7) is 8.46. The van der Waals surface area contributed by atoms with E-state index in [0.717, 1.165) is 5.02 Å². The van der Waals surface area contributed by atoms with E-state index in [1.54, 1.807) is 0 Å². The molecule has 2 heteroatoms. The summed E-state index contributed by atoms with van der Waals surface area (Å²) in [6, 6.07) is 6.31. The minimum absolute atomic E-state index is 0.866. The van der Waals surface area contributed by atoms with Crippen LogP contribution in [0.1, 0.15) is 38.7 Å². The van der Waals surface area contributed by atoms with Crippen LogP contribution in [-0.2, 0) is 0 Å². The lowest BCUT2D eigenvalue weighted by Gasteiger charge is -2.29. The van der Waals surface area contributed by atoms with Gasteiger partial charge in [-0.2, -0.15) is 0 Å². The van der Waals surface area contributed by atoms with Gasteiger partial charge in [0.1, 0.15) is 0 Å². The number of aryl methyl sites for hydroxylation is 1. The molecule has 0 radical (unpaired) electrons. The number of piperidine rings is 1.